The molecule has 0 amide bonds. The van der Waals surface area contributed by atoms with Gasteiger partial charge in [0.25, 0.3) is 0 Å². The number of rotatable bonds is 4. The van der Waals surface area contributed by atoms with Gasteiger partial charge < -0.3 is 5.32 Å². The maximum atomic E-state index is 4.19. The molecule has 0 aromatic carbocycles. The number of nitrogens with one attached hydrogen (secondary N) is 1. The summed E-state index contributed by atoms with van der Waals surface area (Å²) < 4.78 is 0. The van der Waals surface area contributed by atoms with Crippen LogP contribution in [0.5, 0.6) is 0 Å². The van der Waals surface area contributed by atoms with Crippen LogP contribution in [0.1, 0.15) is 38.2 Å². The number of anilines is 1. The second-order valence-corrected chi connectivity index (χ2v) is 4.83. The predicted molar refractivity (Wildman–Crippen MR) is 64.0 cm³/mol. The van der Waals surface area contributed by atoms with E-state index in [0.717, 1.165) is 11.6 Å². The number of hydrogen-bond acceptors (Lipinski definition) is 2. The molecule has 1 unspecified atom stereocenters. The van der Waals surface area contributed by atoms with Gasteiger partial charge in [0.2, 0.25) is 0 Å². The molecular formula is C13H20N2. The molecule has 1 aromatic heterocycles. The molecule has 1 fully saturated rings. The molecular weight excluding hydrogens is 184 g/mol. The maximum Gasteiger partial charge on any atom is 0.0531 e. The van der Waals surface area contributed by atoms with Crippen LogP contribution in [0.2, 0.25) is 0 Å². The quantitative estimate of drug-likeness (QED) is 0.813. The van der Waals surface area contributed by atoms with Gasteiger partial charge in [0.1, 0.15) is 0 Å². The largest absolute Gasteiger partial charge is 0.381 e. The molecule has 0 spiro atoms. The van der Waals surface area contributed by atoms with E-state index < -0.39 is 0 Å². The van der Waals surface area contributed by atoms with Crippen molar-refractivity contribution >= 4 is 5.69 Å². The van der Waals surface area contributed by atoms with E-state index in [9.17, 15) is 0 Å². The molecule has 1 aliphatic carbocycles. The molecule has 1 aliphatic rings. The first-order valence-electron chi connectivity index (χ1n) is 5.92. The number of nitrogens with zero attached hydrogens (tertiary/aromatic N) is 1. The minimum Gasteiger partial charge on any atom is -0.381 e. The monoisotopic (exact) mass is 204 g/mol. The van der Waals surface area contributed by atoms with Gasteiger partial charge in [0.15, 0.2) is 0 Å². The van der Waals surface area contributed by atoms with Crippen LogP contribution in [-0.4, -0.2) is 11.0 Å². The first kappa shape index (κ1) is 10.5. The smallest absolute Gasteiger partial charge is 0.0531 e. The topological polar surface area (TPSA) is 24.9 Å². The van der Waals surface area contributed by atoms with Gasteiger partial charge >= 0.3 is 0 Å². The van der Waals surface area contributed by atoms with Crippen molar-refractivity contribution in [2.24, 2.45) is 5.92 Å². The highest BCUT2D eigenvalue weighted by Gasteiger charge is 2.19. The van der Waals surface area contributed by atoms with Gasteiger partial charge in [-0.3, -0.25) is 4.98 Å². The Balaban J connectivity index is 1.84. The highest BCUT2D eigenvalue weighted by molar-refractivity contribution is 5.43. The van der Waals surface area contributed by atoms with E-state index in [4.69, 9.17) is 0 Å². The summed E-state index contributed by atoms with van der Waals surface area (Å²) in [5.74, 6) is 0.963. The zero-order chi connectivity index (χ0) is 10.7. The summed E-state index contributed by atoms with van der Waals surface area (Å²) in [4.78, 5) is 4.19. The average Bonchev–Trinajstić information content (AvgIpc) is 2.11. The molecule has 0 radical (unpaired) electrons. The second kappa shape index (κ2) is 4.65. The fourth-order valence-corrected chi connectivity index (χ4v) is 2.21. The molecule has 1 N–H and O–H groups in total. The predicted octanol–water partition coefficient (Wildman–Crippen LogP) is 3.38. The van der Waals surface area contributed by atoms with Crippen LogP contribution in [0, 0.1) is 12.8 Å². The van der Waals surface area contributed by atoms with Crippen molar-refractivity contribution in [2.75, 3.05) is 5.32 Å². The molecule has 1 aromatic rings. The summed E-state index contributed by atoms with van der Waals surface area (Å²) in [6, 6.07) is 2.73. The Bertz CT molecular complexity index is 318. The fraction of sp³-hybridized carbons (Fsp3) is 0.615. The van der Waals surface area contributed by atoms with Crippen LogP contribution < -0.4 is 5.32 Å². The van der Waals surface area contributed by atoms with E-state index in [0.29, 0.717) is 6.04 Å². The molecule has 15 heavy (non-hydrogen) atoms. The average molecular weight is 204 g/mol. The minimum atomic E-state index is 0.568. The minimum absolute atomic E-state index is 0.568. The van der Waals surface area contributed by atoms with E-state index in [1.165, 1.54) is 31.2 Å². The third kappa shape index (κ3) is 2.95. The lowest BCUT2D eigenvalue weighted by Gasteiger charge is -2.28. The molecule has 0 saturated heterocycles. The highest BCUT2D eigenvalue weighted by Crippen LogP contribution is 2.31. The van der Waals surface area contributed by atoms with Gasteiger partial charge in [0.05, 0.1) is 5.69 Å². The molecule has 82 valence electrons. The van der Waals surface area contributed by atoms with E-state index in [2.05, 4.69) is 30.2 Å². The summed E-state index contributed by atoms with van der Waals surface area (Å²) in [5, 5.41) is 3.52. The second-order valence-electron chi connectivity index (χ2n) is 4.83. The van der Waals surface area contributed by atoms with Gasteiger partial charge in [-0.25, -0.2) is 0 Å². The van der Waals surface area contributed by atoms with Crippen LogP contribution in [0.4, 0.5) is 5.69 Å². The van der Waals surface area contributed by atoms with E-state index in [1.807, 2.05) is 12.4 Å². The Morgan fingerprint density at radius 1 is 1.47 bits per heavy atom. The van der Waals surface area contributed by atoms with Gasteiger partial charge in [0, 0.05) is 18.4 Å². The highest BCUT2D eigenvalue weighted by atomic mass is 14.9. The van der Waals surface area contributed by atoms with E-state index >= 15 is 0 Å². The number of aryl methyl sites for hydroxylation is 1. The number of hydrogen-bond donors (Lipinski definition) is 1. The summed E-state index contributed by atoms with van der Waals surface area (Å²) in [6.07, 6.45) is 9.39. The Labute approximate surface area is 92.1 Å². The molecule has 2 nitrogen and oxygen atoms in total. The van der Waals surface area contributed by atoms with Crippen LogP contribution in [0.15, 0.2) is 18.5 Å². The van der Waals surface area contributed by atoms with Crippen LogP contribution in [0.3, 0.4) is 0 Å². The first-order chi connectivity index (χ1) is 7.24. The van der Waals surface area contributed by atoms with E-state index in [1.54, 1.807) is 0 Å². The molecule has 0 aliphatic heterocycles. The van der Waals surface area contributed by atoms with Gasteiger partial charge in [-0.05, 0) is 37.8 Å². The Hall–Kier alpha value is -1.05. The lowest BCUT2D eigenvalue weighted by atomic mass is 9.81. The first-order valence-corrected chi connectivity index (χ1v) is 5.92. The third-order valence-electron chi connectivity index (χ3n) is 3.20. The Morgan fingerprint density at radius 2 is 2.27 bits per heavy atom. The molecule has 0 bridgehead atoms. The zero-order valence-corrected chi connectivity index (χ0v) is 9.66. The molecule has 2 rings (SSSR count). The van der Waals surface area contributed by atoms with Crippen LogP contribution in [0.25, 0.3) is 0 Å². The lowest BCUT2D eigenvalue weighted by Crippen LogP contribution is -2.23. The zero-order valence-electron chi connectivity index (χ0n) is 9.66. The summed E-state index contributed by atoms with van der Waals surface area (Å²) in [6.45, 7) is 4.34. The van der Waals surface area contributed by atoms with Crippen LogP contribution >= 0.6 is 0 Å². The van der Waals surface area contributed by atoms with Crippen molar-refractivity contribution < 1.29 is 0 Å². The summed E-state index contributed by atoms with van der Waals surface area (Å²) in [5.41, 5.74) is 2.37. The number of aromatic nitrogens is 1. The standard InChI is InChI=1S/C13H20N2/c1-10-6-13(9-14-8-10)15-11(2)7-12-4-3-5-12/h6,8-9,11-12,15H,3-5,7H2,1-2H3. The Morgan fingerprint density at radius 3 is 2.87 bits per heavy atom. The van der Waals surface area contributed by atoms with Gasteiger partial charge in [-0.15, -0.1) is 0 Å². The van der Waals surface area contributed by atoms with Gasteiger partial charge in [-0.1, -0.05) is 19.3 Å². The molecule has 1 heterocycles. The number of pyridine rings is 1. The van der Waals surface area contributed by atoms with Gasteiger partial charge in [-0.2, -0.15) is 0 Å². The lowest BCUT2D eigenvalue weighted by molar-refractivity contribution is 0.286. The Kier molecular flexibility index (Phi) is 3.24. The van der Waals surface area contributed by atoms with Crippen molar-refractivity contribution in [3.63, 3.8) is 0 Å². The van der Waals surface area contributed by atoms with Crippen molar-refractivity contribution in [1.82, 2.24) is 4.98 Å². The molecule has 2 heteroatoms. The summed E-state index contributed by atoms with van der Waals surface area (Å²) >= 11 is 0. The van der Waals surface area contributed by atoms with E-state index in [-0.39, 0.29) is 0 Å². The van der Waals surface area contributed by atoms with Crippen molar-refractivity contribution in [3.05, 3.63) is 24.0 Å². The van der Waals surface area contributed by atoms with Crippen molar-refractivity contribution in [2.45, 2.75) is 45.6 Å². The molecule has 1 atom stereocenters. The van der Waals surface area contributed by atoms with Crippen molar-refractivity contribution in [1.29, 1.82) is 0 Å². The maximum absolute atomic E-state index is 4.19. The summed E-state index contributed by atoms with van der Waals surface area (Å²) in [7, 11) is 0. The van der Waals surface area contributed by atoms with Crippen molar-refractivity contribution in [3.8, 4) is 0 Å². The fourth-order valence-electron chi connectivity index (χ4n) is 2.21. The van der Waals surface area contributed by atoms with Crippen LogP contribution in [-0.2, 0) is 0 Å². The SMILES string of the molecule is Cc1cncc(NC(C)CC2CCC2)c1. The molecule has 1 saturated carbocycles. The normalized spacial score (nSPS) is 18.3. The third-order valence-corrected chi connectivity index (χ3v) is 3.20.